The molecule has 0 radical (unpaired) electrons. The van der Waals surface area contributed by atoms with Crippen molar-refractivity contribution in [2.75, 3.05) is 18.4 Å². The minimum Gasteiger partial charge on any atom is -0.390 e. The number of rotatable bonds is 5. The fourth-order valence-corrected chi connectivity index (χ4v) is 3.41. The molecule has 0 saturated carbocycles. The minimum absolute atomic E-state index is 0.130. The largest absolute Gasteiger partial charge is 0.390 e. The number of benzene rings is 1. The van der Waals surface area contributed by atoms with Gasteiger partial charge in [-0.25, -0.2) is 0 Å². The molecule has 1 fully saturated rings. The first-order chi connectivity index (χ1) is 13.1. The van der Waals surface area contributed by atoms with Crippen LogP contribution in [0.4, 0.5) is 6.01 Å². The summed E-state index contributed by atoms with van der Waals surface area (Å²) < 4.78 is 10.5. The number of hydrogen-bond donors (Lipinski definition) is 2. The van der Waals surface area contributed by atoms with E-state index in [0.717, 1.165) is 42.1 Å². The maximum absolute atomic E-state index is 10.6. The Bertz CT molecular complexity index is 872. The van der Waals surface area contributed by atoms with Crippen molar-refractivity contribution in [2.45, 2.75) is 39.0 Å². The summed E-state index contributed by atoms with van der Waals surface area (Å²) >= 11 is 0. The van der Waals surface area contributed by atoms with Crippen LogP contribution >= 0.6 is 0 Å². The van der Waals surface area contributed by atoms with Gasteiger partial charge in [-0.05, 0) is 20.3 Å². The van der Waals surface area contributed by atoms with E-state index in [9.17, 15) is 5.11 Å². The van der Waals surface area contributed by atoms with Gasteiger partial charge in [0.05, 0.1) is 17.8 Å². The first kappa shape index (κ1) is 17.7. The summed E-state index contributed by atoms with van der Waals surface area (Å²) in [7, 11) is 0. The monoisotopic (exact) mass is 369 g/mol. The van der Waals surface area contributed by atoms with Crippen molar-refractivity contribution in [3.8, 4) is 11.4 Å². The number of aromatic nitrogens is 3. The first-order valence-corrected chi connectivity index (χ1v) is 9.08. The minimum atomic E-state index is -0.536. The first-order valence-electron chi connectivity index (χ1n) is 9.08. The summed E-state index contributed by atoms with van der Waals surface area (Å²) in [6.07, 6.45) is 0.236. The second-order valence-corrected chi connectivity index (χ2v) is 6.93. The van der Waals surface area contributed by atoms with Crippen LogP contribution in [-0.4, -0.2) is 50.5 Å². The summed E-state index contributed by atoms with van der Waals surface area (Å²) in [5, 5.41) is 21.7. The maximum Gasteiger partial charge on any atom is 0.322 e. The number of aryl methyl sites for hydroxylation is 2. The lowest BCUT2D eigenvalue weighted by molar-refractivity contribution is 0.0549. The number of likely N-dealkylation sites (tertiary alicyclic amines) is 1. The highest BCUT2D eigenvalue weighted by Gasteiger charge is 2.29. The van der Waals surface area contributed by atoms with E-state index in [4.69, 9.17) is 9.05 Å². The van der Waals surface area contributed by atoms with Crippen molar-refractivity contribution in [1.82, 2.24) is 20.2 Å². The molecule has 0 bridgehead atoms. The number of nitrogens with zero attached hydrogens (tertiary/aromatic N) is 4. The van der Waals surface area contributed by atoms with Crippen molar-refractivity contribution in [3.63, 3.8) is 0 Å². The Morgan fingerprint density at radius 3 is 2.70 bits per heavy atom. The topological polar surface area (TPSA) is 100 Å². The van der Waals surface area contributed by atoms with Gasteiger partial charge < -0.3 is 19.5 Å². The van der Waals surface area contributed by atoms with Crippen molar-refractivity contribution >= 4 is 6.01 Å². The van der Waals surface area contributed by atoms with Crippen LogP contribution in [0.1, 0.15) is 23.4 Å². The summed E-state index contributed by atoms with van der Waals surface area (Å²) in [6, 6.07) is 9.85. The normalized spacial score (nSPS) is 20.7. The number of nitrogens with one attached hydrogen (secondary N) is 1. The van der Waals surface area contributed by atoms with Crippen LogP contribution in [0.5, 0.6) is 0 Å². The highest BCUT2D eigenvalue weighted by atomic mass is 16.5. The molecule has 2 aromatic heterocycles. The van der Waals surface area contributed by atoms with E-state index in [-0.39, 0.29) is 6.04 Å². The Morgan fingerprint density at radius 1 is 1.19 bits per heavy atom. The van der Waals surface area contributed by atoms with Crippen LogP contribution in [0.3, 0.4) is 0 Å². The molecule has 2 atom stereocenters. The average molecular weight is 369 g/mol. The predicted octanol–water partition coefficient (Wildman–Crippen LogP) is 2.39. The van der Waals surface area contributed by atoms with E-state index in [1.807, 2.05) is 44.2 Å². The zero-order valence-electron chi connectivity index (χ0n) is 15.4. The summed E-state index contributed by atoms with van der Waals surface area (Å²) in [6.45, 7) is 5.99. The molecular formula is C19H23N5O3. The summed E-state index contributed by atoms with van der Waals surface area (Å²) in [4.78, 5) is 6.58. The van der Waals surface area contributed by atoms with E-state index >= 15 is 0 Å². The van der Waals surface area contributed by atoms with Gasteiger partial charge in [-0.2, -0.15) is 4.98 Å². The lowest BCUT2D eigenvalue weighted by atomic mass is 10.0. The van der Waals surface area contributed by atoms with Crippen molar-refractivity contribution in [1.29, 1.82) is 0 Å². The Morgan fingerprint density at radius 2 is 2.00 bits per heavy atom. The average Bonchev–Trinajstić information content (AvgIpc) is 3.27. The molecule has 1 aliphatic rings. The highest BCUT2D eigenvalue weighted by Crippen LogP contribution is 2.22. The van der Waals surface area contributed by atoms with Gasteiger partial charge in [0.1, 0.15) is 5.76 Å². The number of piperidine rings is 1. The van der Waals surface area contributed by atoms with Gasteiger partial charge in [-0.1, -0.05) is 40.6 Å². The molecule has 3 heterocycles. The standard InChI is InChI=1S/C19H23N5O3/c1-12-15(13(2)26-22-12)10-24-9-8-16(17(25)11-24)20-19-21-18(23-27-19)14-6-4-3-5-7-14/h3-7,16-17,25H,8-11H2,1-2H3,(H,20,21,23)/t16-,17-/m1/s1. The van der Waals surface area contributed by atoms with E-state index in [1.165, 1.54) is 0 Å². The molecule has 0 amide bonds. The van der Waals surface area contributed by atoms with Crippen LogP contribution in [-0.2, 0) is 6.54 Å². The Hall–Kier alpha value is -2.71. The lowest BCUT2D eigenvalue weighted by Crippen LogP contribution is -2.49. The molecule has 0 aliphatic carbocycles. The Balaban J connectivity index is 1.36. The lowest BCUT2D eigenvalue weighted by Gasteiger charge is -2.35. The van der Waals surface area contributed by atoms with Crippen LogP contribution in [0, 0.1) is 13.8 Å². The van der Waals surface area contributed by atoms with Crippen molar-refractivity contribution < 1.29 is 14.2 Å². The number of anilines is 1. The second kappa shape index (κ2) is 7.50. The molecule has 142 valence electrons. The van der Waals surface area contributed by atoms with E-state index in [0.29, 0.717) is 18.4 Å². The molecule has 8 nitrogen and oxygen atoms in total. The number of β-amino-alcohol motifs (C(OH)–C–C–N with tert-alkyl or cyclic N) is 1. The van der Waals surface area contributed by atoms with Gasteiger partial charge in [0, 0.05) is 30.8 Å². The van der Waals surface area contributed by atoms with E-state index < -0.39 is 6.10 Å². The third-order valence-electron chi connectivity index (χ3n) is 5.00. The summed E-state index contributed by atoms with van der Waals surface area (Å²) in [5.74, 6) is 1.37. The van der Waals surface area contributed by atoms with Gasteiger partial charge in [0.15, 0.2) is 0 Å². The van der Waals surface area contributed by atoms with Gasteiger partial charge in [0.25, 0.3) is 0 Å². The fourth-order valence-electron chi connectivity index (χ4n) is 3.41. The number of hydrogen-bond acceptors (Lipinski definition) is 8. The molecule has 1 aliphatic heterocycles. The van der Waals surface area contributed by atoms with Crippen molar-refractivity contribution in [3.05, 3.63) is 47.3 Å². The quantitative estimate of drug-likeness (QED) is 0.707. The van der Waals surface area contributed by atoms with Gasteiger partial charge >= 0.3 is 6.01 Å². The molecule has 3 aromatic rings. The summed E-state index contributed by atoms with van der Waals surface area (Å²) in [5.41, 5.74) is 2.89. The number of aliphatic hydroxyl groups is 1. The predicted molar refractivity (Wildman–Crippen MR) is 99.0 cm³/mol. The fraction of sp³-hybridized carbons (Fsp3) is 0.421. The van der Waals surface area contributed by atoms with Crippen LogP contribution < -0.4 is 5.32 Å². The molecule has 8 heteroatoms. The van der Waals surface area contributed by atoms with Crippen LogP contribution in [0.2, 0.25) is 0 Å². The SMILES string of the molecule is Cc1noc(C)c1CN1CC[C@@H](Nc2nc(-c3ccccc3)no2)[C@H](O)C1. The van der Waals surface area contributed by atoms with Crippen LogP contribution in [0.25, 0.3) is 11.4 Å². The number of aliphatic hydroxyl groups excluding tert-OH is 1. The molecular weight excluding hydrogens is 346 g/mol. The highest BCUT2D eigenvalue weighted by molar-refractivity contribution is 5.55. The smallest absolute Gasteiger partial charge is 0.322 e. The molecule has 0 unspecified atom stereocenters. The maximum atomic E-state index is 10.6. The van der Waals surface area contributed by atoms with Crippen LogP contribution in [0.15, 0.2) is 39.4 Å². The third-order valence-corrected chi connectivity index (χ3v) is 5.00. The Kier molecular flexibility index (Phi) is 4.91. The van der Waals surface area contributed by atoms with Gasteiger partial charge in [-0.3, -0.25) is 4.90 Å². The van der Waals surface area contributed by atoms with Gasteiger partial charge in [0.2, 0.25) is 5.82 Å². The molecule has 1 aromatic carbocycles. The molecule has 2 N–H and O–H groups in total. The molecule has 0 spiro atoms. The molecule has 4 rings (SSSR count). The van der Waals surface area contributed by atoms with E-state index in [1.54, 1.807) is 0 Å². The van der Waals surface area contributed by atoms with Gasteiger partial charge in [-0.15, -0.1) is 0 Å². The Labute approximate surface area is 157 Å². The van der Waals surface area contributed by atoms with E-state index in [2.05, 4.69) is 25.5 Å². The second-order valence-electron chi connectivity index (χ2n) is 6.93. The van der Waals surface area contributed by atoms with Crippen molar-refractivity contribution in [2.24, 2.45) is 0 Å². The zero-order chi connectivity index (χ0) is 18.8. The molecule has 27 heavy (non-hydrogen) atoms. The third kappa shape index (κ3) is 3.86. The molecule has 1 saturated heterocycles. The zero-order valence-corrected chi connectivity index (χ0v) is 15.4.